The van der Waals surface area contributed by atoms with Crippen LogP contribution >= 0.6 is 0 Å². The number of carbonyl (C=O) groups excluding carboxylic acids is 2. The lowest BCUT2D eigenvalue weighted by molar-refractivity contribution is -0.118. The molecule has 0 bridgehead atoms. The number of hydrogen-bond donors (Lipinski definition) is 2. The van der Waals surface area contributed by atoms with Crippen molar-refractivity contribution in [3.8, 4) is 11.6 Å². The van der Waals surface area contributed by atoms with Crippen molar-refractivity contribution in [1.82, 2.24) is 20.2 Å². The van der Waals surface area contributed by atoms with E-state index < -0.39 is 0 Å². The second kappa shape index (κ2) is 9.25. The molecule has 11 nitrogen and oxygen atoms in total. The number of methoxy groups -OCH3 is 1. The van der Waals surface area contributed by atoms with E-state index in [-0.39, 0.29) is 24.6 Å². The predicted octanol–water partition coefficient (Wildman–Crippen LogP) is 1.77. The molecule has 1 aromatic carbocycles. The molecule has 3 aliphatic heterocycles. The molecular formula is C25H26N6O5. The maximum Gasteiger partial charge on any atom is 0.414 e. The summed E-state index contributed by atoms with van der Waals surface area (Å²) in [5, 5.41) is 6.38. The maximum absolute atomic E-state index is 12.5. The van der Waals surface area contributed by atoms with Gasteiger partial charge in [-0.15, -0.1) is 0 Å². The average molecular weight is 491 g/mol. The summed E-state index contributed by atoms with van der Waals surface area (Å²) in [7, 11) is 1.60. The molecule has 2 saturated heterocycles. The Bertz CT molecular complexity index is 1330. The van der Waals surface area contributed by atoms with Crippen LogP contribution in [0.15, 0.2) is 42.6 Å². The van der Waals surface area contributed by atoms with Gasteiger partial charge in [0.15, 0.2) is 6.61 Å². The number of nitrogens with one attached hydrogen (secondary N) is 2. The Balaban J connectivity index is 1.06. The summed E-state index contributed by atoms with van der Waals surface area (Å²) >= 11 is 0. The third-order valence-electron chi connectivity index (χ3n) is 6.69. The van der Waals surface area contributed by atoms with Gasteiger partial charge in [-0.2, -0.15) is 0 Å². The van der Waals surface area contributed by atoms with Crippen LogP contribution in [-0.4, -0.2) is 78.9 Å². The van der Waals surface area contributed by atoms with Gasteiger partial charge in [0.1, 0.15) is 12.4 Å². The van der Waals surface area contributed by atoms with E-state index in [9.17, 15) is 9.59 Å². The van der Waals surface area contributed by atoms with Gasteiger partial charge in [-0.3, -0.25) is 19.6 Å². The molecule has 2 aromatic heterocycles. The van der Waals surface area contributed by atoms with Crippen LogP contribution in [-0.2, 0) is 16.1 Å². The summed E-state index contributed by atoms with van der Waals surface area (Å²) < 4.78 is 16.1. The fraction of sp³-hybridized carbons (Fsp3) is 0.360. The number of aromatic nitrogens is 2. The van der Waals surface area contributed by atoms with E-state index >= 15 is 0 Å². The van der Waals surface area contributed by atoms with Crippen molar-refractivity contribution in [2.75, 3.05) is 50.2 Å². The Hall–Kier alpha value is -3.96. The van der Waals surface area contributed by atoms with Gasteiger partial charge < -0.3 is 24.8 Å². The Morgan fingerprint density at radius 1 is 1.17 bits per heavy atom. The highest BCUT2D eigenvalue weighted by Crippen LogP contribution is 2.34. The van der Waals surface area contributed by atoms with Gasteiger partial charge in [0, 0.05) is 50.2 Å². The quantitative estimate of drug-likeness (QED) is 0.511. The Kier molecular flexibility index (Phi) is 5.78. The number of amides is 2. The third kappa shape index (κ3) is 4.27. The van der Waals surface area contributed by atoms with Crippen molar-refractivity contribution in [3.05, 3.63) is 48.2 Å². The first-order chi connectivity index (χ1) is 17.6. The molecule has 5 heterocycles. The number of carbonyl (C=O) groups is 2. The van der Waals surface area contributed by atoms with Crippen LogP contribution in [0.3, 0.4) is 0 Å². The summed E-state index contributed by atoms with van der Waals surface area (Å²) in [6, 6.07) is 11.3. The molecule has 2 N–H and O–H groups in total. The van der Waals surface area contributed by atoms with Crippen LogP contribution in [0.4, 0.5) is 16.2 Å². The number of pyridine rings is 2. The minimum absolute atomic E-state index is 0.00696. The maximum atomic E-state index is 12.5. The molecule has 0 unspecified atom stereocenters. The summed E-state index contributed by atoms with van der Waals surface area (Å²) in [6.07, 6.45) is 1.41. The lowest BCUT2D eigenvalue weighted by Gasteiger charge is -2.41. The van der Waals surface area contributed by atoms with E-state index in [0.717, 1.165) is 29.7 Å². The highest BCUT2D eigenvalue weighted by molar-refractivity contribution is 5.97. The van der Waals surface area contributed by atoms with Crippen LogP contribution in [0.25, 0.3) is 11.0 Å². The van der Waals surface area contributed by atoms with Crippen LogP contribution in [0.5, 0.6) is 11.6 Å². The zero-order chi connectivity index (χ0) is 24.6. The first-order valence-electron chi connectivity index (χ1n) is 11.8. The van der Waals surface area contributed by atoms with Crippen LogP contribution < -0.4 is 25.0 Å². The second-order valence-electron chi connectivity index (χ2n) is 9.11. The van der Waals surface area contributed by atoms with Gasteiger partial charge in [-0.1, -0.05) is 0 Å². The molecular weight excluding hydrogens is 464 g/mol. The fourth-order valence-corrected chi connectivity index (χ4v) is 4.85. The minimum atomic E-state index is -0.384. The second-order valence-corrected chi connectivity index (χ2v) is 9.11. The first-order valence-corrected chi connectivity index (χ1v) is 11.8. The average Bonchev–Trinajstić information content (AvgIpc) is 3.24. The lowest BCUT2D eigenvalue weighted by Crippen LogP contribution is -2.60. The van der Waals surface area contributed by atoms with E-state index in [1.54, 1.807) is 30.3 Å². The number of ether oxygens (including phenoxy) is 3. The van der Waals surface area contributed by atoms with Crippen molar-refractivity contribution >= 4 is 34.4 Å². The van der Waals surface area contributed by atoms with E-state index in [0.29, 0.717) is 48.7 Å². The molecule has 36 heavy (non-hydrogen) atoms. The number of hydrogen-bond acceptors (Lipinski definition) is 9. The summed E-state index contributed by atoms with van der Waals surface area (Å²) in [4.78, 5) is 37.1. The third-order valence-corrected chi connectivity index (χ3v) is 6.69. The number of rotatable bonds is 7. The summed E-state index contributed by atoms with van der Waals surface area (Å²) in [5.41, 5.74) is 3.98. The monoisotopic (exact) mass is 490 g/mol. The minimum Gasteiger partial charge on any atom is -0.482 e. The largest absolute Gasteiger partial charge is 0.482 e. The first kappa shape index (κ1) is 22.5. The Morgan fingerprint density at radius 2 is 2.06 bits per heavy atom. The summed E-state index contributed by atoms with van der Waals surface area (Å²) in [5.74, 6) is 0.946. The van der Waals surface area contributed by atoms with Crippen molar-refractivity contribution in [1.29, 1.82) is 0 Å². The molecule has 3 aromatic rings. The SMILES string of the molecule is COc1ccc2nccc(CNC3CN(C[C@H]4COC(=O)N4c4ccc5c(c4)NC(=O)CO5)C3)c2n1. The van der Waals surface area contributed by atoms with Crippen LogP contribution in [0, 0.1) is 0 Å². The number of benzene rings is 1. The molecule has 0 saturated carbocycles. The smallest absolute Gasteiger partial charge is 0.414 e. The predicted molar refractivity (Wildman–Crippen MR) is 131 cm³/mol. The molecule has 0 aliphatic carbocycles. The standard InChI is InChI=1S/C25H26N6O5/c1-34-23-5-3-19-24(29-23)15(6-7-26-19)9-27-16-10-30(11-16)12-18-13-36-25(33)31(18)17-2-4-21-20(8-17)28-22(32)14-35-21/h2-8,16,18,27H,9-14H2,1H3,(H,28,32)/t18-/m0/s1. The van der Waals surface area contributed by atoms with Gasteiger partial charge in [0.2, 0.25) is 5.88 Å². The van der Waals surface area contributed by atoms with Gasteiger partial charge in [0.25, 0.3) is 5.91 Å². The normalized spacial score (nSPS) is 19.9. The Morgan fingerprint density at radius 3 is 2.92 bits per heavy atom. The van der Waals surface area contributed by atoms with Gasteiger partial charge in [-0.25, -0.2) is 9.78 Å². The number of likely N-dealkylation sites (tertiary alicyclic amines) is 1. The zero-order valence-electron chi connectivity index (χ0n) is 19.8. The van der Waals surface area contributed by atoms with E-state index in [2.05, 4.69) is 25.5 Å². The number of fused-ring (bicyclic) bond motifs is 2. The highest BCUT2D eigenvalue weighted by Gasteiger charge is 2.38. The van der Waals surface area contributed by atoms with Crippen molar-refractivity contribution in [3.63, 3.8) is 0 Å². The van der Waals surface area contributed by atoms with Crippen LogP contribution in [0.1, 0.15) is 5.56 Å². The molecule has 11 heteroatoms. The molecule has 186 valence electrons. The summed E-state index contributed by atoms with van der Waals surface area (Å²) in [6.45, 7) is 3.42. The topological polar surface area (TPSA) is 118 Å². The number of cyclic esters (lactones) is 1. The van der Waals surface area contributed by atoms with Crippen molar-refractivity contribution < 1.29 is 23.8 Å². The van der Waals surface area contributed by atoms with Gasteiger partial charge in [-0.05, 0) is 35.9 Å². The lowest BCUT2D eigenvalue weighted by atomic mass is 10.1. The van der Waals surface area contributed by atoms with E-state index in [1.807, 2.05) is 24.3 Å². The van der Waals surface area contributed by atoms with E-state index in [1.165, 1.54) is 0 Å². The molecule has 6 rings (SSSR count). The molecule has 3 aliphatic rings. The molecule has 0 spiro atoms. The van der Waals surface area contributed by atoms with Crippen molar-refractivity contribution in [2.24, 2.45) is 0 Å². The van der Waals surface area contributed by atoms with Crippen molar-refractivity contribution in [2.45, 2.75) is 18.6 Å². The number of nitrogens with zero attached hydrogens (tertiary/aromatic N) is 4. The fourth-order valence-electron chi connectivity index (χ4n) is 4.85. The molecule has 1 atom stereocenters. The zero-order valence-corrected chi connectivity index (χ0v) is 19.8. The molecule has 2 fully saturated rings. The molecule has 0 radical (unpaired) electrons. The van der Waals surface area contributed by atoms with E-state index in [4.69, 9.17) is 14.2 Å². The number of anilines is 2. The van der Waals surface area contributed by atoms with Gasteiger partial charge >= 0.3 is 6.09 Å². The van der Waals surface area contributed by atoms with Gasteiger partial charge in [0.05, 0.1) is 29.9 Å². The molecule has 2 amide bonds. The Labute approximate surface area is 207 Å². The highest BCUT2D eigenvalue weighted by atomic mass is 16.6. The van der Waals surface area contributed by atoms with Crippen LogP contribution in [0.2, 0.25) is 0 Å².